The molecule has 1 heterocycles. The fourth-order valence-corrected chi connectivity index (χ4v) is 2.31. The standard InChI is InChI=1S/C12H20ClN3O2/c1-3-9-11(13)10(16(4-2)15-9)7-8(5-6-14)12(17)18/h8H,3-7,14H2,1-2H3,(H,17,18). The Morgan fingerprint density at radius 3 is 2.67 bits per heavy atom. The molecule has 0 aliphatic heterocycles. The highest BCUT2D eigenvalue weighted by Crippen LogP contribution is 2.25. The summed E-state index contributed by atoms with van der Waals surface area (Å²) in [5.41, 5.74) is 7.07. The molecular formula is C12H20ClN3O2. The molecule has 18 heavy (non-hydrogen) atoms. The van der Waals surface area contributed by atoms with Crippen LogP contribution >= 0.6 is 11.6 Å². The van der Waals surface area contributed by atoms with Crippen molar-refractivity contribution in [3.8, 4) is 0 Å². The summed E-state index contributed by atoms with van der Waals surface area (Å²) in [7, 11) is 0. The Hall–Kier alpha value is -1.07. The monoisotopic (exact) mass is 273 g/mol. The normalized spacial score (nSPS) is 12.7. The summed E-state index contributed by atoms with van der Waals surface area (Å²) in [6, 6.07) is 0. The summed E-state index contributed by atoms with van der Waals surface area (Å²) in [6.45, 7) is 4.98. The Kier molecular flexibility index (Phi) is 5.62. The van der Waals surface area contributed by atoms with E-state index in [0.29, 0.717) is 31.0 Å². The number of hydrogen-bond donors (Lipinski definition) is 2. The summed E-state index contributed by atoms with van der Waals surface area (Å²) >= 11 is 6.25. The van der Waals surface area contributed by atoms with E-state index in [9.17, 15) is 4.79 Å². The lowest BCUT2D eigenvalue weighted by Crippen LogP contribution is -2.21. The van der Waals surface area contributed by atoms with Crippen LogP contribution in [0.5, 0.6) is 0 Å². The Bertz CT molecular complexity index is 418. The second kappa shape index (κ2) is 6.75. The summed E-state index contributed by atoms with van der Waals surface area (Å²) in [6.07, 6.45) is 1.57. The van der Waals surface area contributed by atoms with Gasteiger partial charge in [-0.1, -0.05) is 18.5 Å². The number of carboxylic acid groups (broad SMARTS) is 1. The number of hydrogen-bond acceptors (Lipinski definition) is 3. The Morgan fingerprint density at radius 1 is 1.56 bits per heavy atom. The third-order valence-electron chi connectivity index (χ3n) is 3.00. The van der Waals surface area contributed by atoms with E-state index in [4.69, 9.17) is 22.4 Å². The number of aliphatic carboxylic acids is 1. The van der Waals surface area contributed by atoms with E-state index in [0.717, 1.165) is 17.8 Å². The SMILES string of the molecule is CCc1nn(CC)c(CC(CCN)C(=O)O)c1Cl. The minimum absolute atomic E-state index is 0.357. The Morgan fingerprint density at radius 2 is 2.22 bits per heavy atom. The first kappa shape index (κ1) is 15.0. The molecule has 6 heteroatoms. The lowest BCUT2D eigenvalue weighted by molar-refractivity contribution is -0.141. The van der Waals surface area contributed by atoms with Crippen LogP contribution in [0, 0.1) is 5.92 Å². The lowest BCUT2D eigenvalue weighted by Gasteiger charge is -2.12. The van der Waals surface area contributed by atoms with E-state index in [1.54, 1.807) is 4.68 Å². The first-order valence-corrected chi connectivity index (χ1v) is 6.59. The first-order chi connectivity index (χ1) is 8.54. The number of carboxylic acids is 1. The van der Waals surface area contributed by atoms with Crippen molar-refractivity contribution < 1.29 is 9.90 Å². The van der Waals surface area contributed by atoms with Gasteiger partial charge in [-0.3, -0.25) is 9.48 Å². The molecule has 3 N–H and O–H groups in total. The molecule has 1 aromatic heterocycles. The minimum Gasteiger partial charge on any atom is -0.481 e. The van der Waals surface area contributed by atoms with Crippen molar-refractivity contribution in [1.29, 1.82) is 0 Å². The smallest absolute Gasteiger partial charge is 0.306 e. The van der Waals surface area contributed by atoms with Gasteiger partial charge in [0.1, 0.15) is 0 Å². The zero-order valence-electron chi connectivity index (χ0n) is 10.8. The predicted octanol–water partition coefficient (Wildman–Crippen LogP) is 1.71. The van der Waals surface area contributed by atoms with Gasteiger partial charge in [-0.05, 0) is 26.3 Å². The molecule has 0 aliphatic rings. The van der Waals surface area contributed by atoms with Gasteiger partial charge in [0, 0.05) is 13.0 Å². The minimum atomic E-state index is -0.835. The van der Waals surface area contributed by atoms with E-state index in [2.05, 4.69) is 5.10 Å². The van der Waals surface area contributed by atoms with Crippen LogP contribution in [0.2, 0.25) is 5.02 Å². The van der Waals surface area contributed by atoms with E-state index >= 15 is 0 Å². The molecule has 0 spiro atoms. The number of carbonyl (C=O) groups is 1. The van der Waals surface area contributed by atoms with E-state index in [1.807, 2.05) is 13.8 Å². The van der Waals surface area contributed by atoms with Gasteiger partial charge in [0.15, 0.2) is 0 Å². The molecule has 0 saturated heterocycles. The number of rotatable bonds is 7. The highest BCUT2D eigenvalue weighted by atomic mass is 35.5. The quantitative estimate of drug-likeness (QED) is 0.792. The molecule has 0 bridgehead atoms. The number of nitrogens with zero attached hydrogens (tertiary/aromatic N) is 2. The summed E-state index contributed by atoms with van der Waals surface area (Å²) < 4.78 is 1.79. The molecule has 1 unspecified atom stereocenters. The Labute approximate surface area is 112 Å². The van der Waals surface area contributed by atoms with E-state index < -0.39 is 11.9 Å². The maximum atomic E-state index is 11.2. The van der Waals surface area contributed by atoms with Crippen LogP contribution < -0.4 is 5.73 Å². The van der Waals surface area contributed by atoms with Gasteiger partial charge in [-0.25, -0.2) is 0 Å². The molecule has 0 saturated carbocycles. The van der Waals surface area contributed by atoms with Crippen molar-refractivity contribution in [1.82, 2.24) is 9.78 Å². The number of halogens is 1. The topological polar surface area (TPSA) is 81.1 Å². The molecule has 5 nitrogen and oxygen atoms in total. The summed E-state index contributed by atoms with van der Waals surface area (Å²) in [4.78, 5) is 11.2. The van der Waals surface area contributed by atoms with Crippen molar-refractivity contribution in [3.05, 3.63) is 16.4 Å². The largest absolute Gasteiger partial charge is 0.481 e. The average Bonchev–Trinajstić information content (AvgIpc) is 2.65. The van der Waals surface area contributed by atoms with E-state index in [-0.39, 0.29) is 0 Å². The third kappa shape index (κ3) is 3.23. The van der Waals surface area contributed by atoms with Gasteiger partial charge >= 0.3 is 5.97 Å². The third-order valence-corrected chi connectivity index (χ3v) is 3.43. The van der Waals surface area contributed by atoms with Gasteiger partial charge in [-0.2, -0.15) is 5.10 Å². The van der Waals surface area contributed by atoms with Gasteiger partial charge < -0.3 is 10.8 Å². The van der Waals surface area contributed by atoms with Crippen molar-refractivity contribution in [3.63, 3.8) is 0 Å². The first-order valence-electron chi connectivity index (χ1n) is 6.21. The average molecular weight is 274 g/mol. The van der Waals surface area contributed by atoms with Crippen LogP contribution in [0.4, 0.5) is 0 Å². The zero-order valence-corrected chi connectivity index (χ0v) is 11.6. The van der Waals surface area contributed by atoms with Crippen LogP contribution in [0.1, 0.15) is 31.7 Å². The van der Waals surface area contributed by atoms with Crippen molar-refractivity contribution in [2.24, 2.45) is 11.7 Å². The lowest BCUT2D eigenvalue weighted by atomic mass is 9.99. The summed E-state index contributed by atoms with van der Waals surface area (Å²) in [5, 5.41) is 14.1. The van der Waals surface area contributed by atoms with Crippen LogP contribution in [0.3, 0.4) is 0 Å². The molecular weight excluding hydrogens is 254 g/mol. The fraction of sp³-hybridized carbons (Fsp3) is 0.667. The summed E-state index contributed by atoms with van der Waals surface area (Å²) in [5.74, 6) is -1.34. The maximum absolute atomic E-state index is 11.2. The highest BCUT2D eigenvalue weighted by molar-refractivity contribution is 6.31. The second-order valence-corrected chi connectivity index (χ2v) is 4.57. The van der Waals surface area contributed by atoms with Gasteiger partial charge in [0.05, 0.1) is 22.3 Å². The molecule has 1 rings (SSSR count). The van der Waals surface area contributed by atoms with Crippen molar-refractivity contribution in [2.75, 3.05) is 6.54 Å². The Balaban J connectivity index is 3.00. The van der Waals surface area contributed by atoms with Crippen LogP contribution in [0.25, 0.3) is 0 Å². The second-order valence-electron chi connectivity index (χ2n) is 4.19. The molecule has 0 fully saturated rings. The number of aryl methyl sites for hydroxylation is 2. The van der Waals surface area contributed by atoms with Gasteiger partial charge in [0.25, 0.3) is 0 Å². The maximum Gasteiger partial charge on any atom is 0.306 e. The molecule has 0 aromatic carbocycles. The van der Waals surface area contributed by atoms with Crippen LogP contribution in [-0.2, 0) is 24.2 Å². The van der Waals surface area contributed by atoms with E-state index in [1.165, 1.54) is 0 Å². The number of aromatic nitrogens is 2. The van der Waals surface area contributed by atoms with Gasteiger partial charge in [-0.15, -0.1) is 0 Å². The van der Waals surface area contributed by atoms with Crippen molar-refractivity contribution in [2.45, 2.75) is 39.7 Å². The molecule has 102 valence electrons. The molecule has 1 atom stereocenters. The number of nitrogens with two attached hydrogens (primary N) is 1. The van der Waals surface area contributed by atoms with Crippen LogP contribution in [0.15, 0.2) is 0 Å². The highest BCUT2D eigenvalue weighted by Gasteiger charge is 2.23. The molecule has 1 aromatic rings. The molecule has 0 radical (unpaired) electrons. The van der Waals surface area contributed by atoms with Gasteiger partial charge in [0.2, 0.25) is 0 Å². The predicted molar refractivity (Wildman–Crippen MR) is 70.8 cm³/mol. The molecule has 0 aliphatic carbocycles. The fourth-order valence-electron chi connectivity index (χ4n) is 1.96. The van der Waals surface area contributed by atoms with Crippen molar-refractivity contribution >= 4 is 17.6 Å². The van der Waals surface area contributed by atoms with Crippen LogP contribution in [-0.4, -0.2) is 27.4 Å². The zero-order chi connectivity index (χ0) is 13.7. The molecule has 0 amide bonds.